The fourth-order valence-electron chi connectivity index (χ4n) is 3.95. The zero-order valence-electron chi connectivity index (χ0n) is 15.4. The van der Waals surface area contributed by atoms with E-state index in [1.54, 1.807) is 11.3 Å². The minimum absolute atomic E-state index is 0.372. The number of nitrogens with one attached hydrogen (secondary N) is 1. The second kappa shape index (κ2) is 7.56. The van der Waals surface area contributed by atoms with Crippen LogP contribution in [0, 0.1) is 6.92 Å². The van der Waals surface area contributed by atoms with Crippen molar-refractivity contribution >= 4 is 22.4 Å². The molecule has 0 radical (unpaired) electrons. The molecule has 6 heteroatoms. The van der Waals surface area contributed by atoms with Crippen molar-refractivity contribution in [2.45, 2.75) is 45.2 Å². The Bertz CT molecular complexity index is 939. The molecule has 1 fully saturated rings. The highest BCUT2D eigenvalue weighted by molar-refractivity contribution is 7.14. The first kappa shape index (κ1) is 17.8. The Labute approximate surface area is 163 Å². The van der Waals surface area contributed by atoms with Crippen LogP contribution in [0.15, 0.2) is 41.8 Å². The number of rotatable bonds is 6. The van der Waals surface area contributed by atoms with E-state index in [1.165, 1.54) is 18.4 Å². The van der Waals surface area contributed by atoms with Crippen LogP contribution in [-0.2, 0) is 6.54 Å². The van der Waals surface area contributed by atoms with Crippen LogP contribution in [0.5, 0.6) is 0 Å². The molecule has 5 nitrogen and oxygen atoms in total. The number of nitrogens with zero attached hydrogens (tertiary/aromatic N) is 2. The molecule has 140 valence electrons. The monoisotopic (exact) mass is 380 g/mol. The molecule has 3 aromatic rings. The van der Waals surface area contributed by atoms with Gasteiger partial charge < -0.3 is 15.6 Å². The summed E-state index contributed by atoms with van der Waals surface area (Å²) < 4.78 is 2.28. The van der Waals surface area contributed by atoms with Crippen LogP contribution in [0.25, 0.3) is 11.4 Å². The molecule has 0 spiro atoms. The highest BCUT2D eigenvalue weighted by atomic mass is 32.1. The second-order valence-corrected chi connectivity index (χ2v) is 7.94. The van der Waals surface area contributed by atoms with E-state index in [0.717, 1.165) is 41.6 Å². The van der Waals surface area contributed by atoms with Crippen molar-refractivity contribution in [2.75, 3.05) is 5.32 Å². The highest BCUT2D eigenvalue weighted by Gasteiger charge is 2.25. The average molecular weight is 381 g/mol. The first-order valence-electron chi connectivity index (χ1n) is 9.39. The Morgan fingerprint density at radius 2 is 2.04 bits per heavy atom. The van der Waals surface area contributed by atoms with E-state index >= 15 is 0 Å². The third kappa shape index (κ3) is 3.62. The van der Waals surface area contributed by atoms with Crippen LogP contribution in [-0.4, -0.2) is 15.5 Å². The quantitative estimate of drug-likeness (QED) is 0.648. The minimum Gasteiger partial charge on any atom is -0.366 e. The number of aromatic nitrogens is 2. The Morgan fingerprint density at radius 3 is 2.74 bits per heavy atom. The first-order valence-corrected chi connectivity index (χ1v) is 10.3. The van der Waals surface area contributed by atoms with E-state index in [2.05, 4.69) is 27.4 Å². The maximum Gasteiger partial charge on any atom is 0.250 e. The topological polar surface area (TPSA) is 72.9 Å². The maximum absolute atomic E-state index is 11.9. The van der Waals surface area contributed by atoms with Crippen molar-refractivity contribution in [3.05, 3.63) is 58.6 Å². The third-order valence-corrected chi connectivity index (χ3v) is 6.10. The molecule has 0 bridgehead atoms. The standard InChI is InChI=1S/C21H24N4OS/c1-14-17(20(22)26)11-19(25(14)16-9-5-6-10-16)18-13-27-21(24-18)23-12-15-7-3-2-4-8-15/h2-4,7-8,11,13,16H,5-6,9-10,12H2,1H3,(H2,22,26)(H,23,24). The molecule has 1 saturated carbocycles. The summed E-state index contributed by atoms with van der Waals surface area (Å²) in [6.07, 6.45) is 4.75. The van der Waals surface area contributed by atoms with Crippen molar-refractivity contribution in [1.82, 2.24) is 9.55 Å². The molecule has 1 aromatic carbocycles. The van der Waals surface area contributed by atoms with Gasteiger partial charge in [-0.15, -0.1) is 11.3 Å². The minimum atomic E-state index is -0.372. The van der Waals surface area contributed by atoms with Crippen molar-refractivity contribution in [3.8, 4) is 11.4 Å². The van der Waals surface area contributed by atoms with Gasteiger partial charge in [0.1, 0.15) is 0 Å². The normalized spacial score (nSPS) is 14.6. The number of nitrogens with two attached hydrogens (primary N) is 1. The molecular formula is C21H24N4OS. The molecule has 1 amide bonds. The largest absolute Gasteiger partial charge is 0.366 e. The third-order valence-electron chi connectivity index (χ3n) is 5.30. The Balaban J connectivity index is 1.62. The van der Waals surface area contributed by atoms with E-state index in [-0.39, 0.29) is 5.91 Å². The molecule has 27 heavy (non-hydrogen) atoms. The first-order chi connectivity index (χ1) is 13.1. The van der Waals surface area contributed by atoms with Crippen LogP contribution >= 0.6 is 11.3 Å². The smallest absolute Gasteiger partial charge is 0.250 e. The van der Waals surface area contributed by atoms with Gasteiger partial charge in [-0.25, -0.2) is 4.98 Å². The predicted molar refractivity (Wildman–Crippen MR) is 110 cm³/mol. The number of carbonyl (C=O) groups is 1. The number of anilines is 1. The molecule has 1 aliphatic rings. The number of hydrogen-bond donors (Lipinski definition) is 2. The summed E-state index contributed by atoms with van der Waals surface area (Å²) in [5.41, 5.74) is 10.3. The summed E-state index contributed by atoms with van der Waals surface area (Å²) in [6, 6.07) is 12.6. The molecule has 0 aliphatic heterocycles. The number of carbonyl (C=O) groups excluding carboxylic acids is 1. The maximum atomic E-state index is 11.9. The highest BCUT2D eigenvalue weighted by Crippen LogP contribution is 2.37. The van der Waals surface area contributed by atoms with E-state index in [9.17, 15) is 4.79 Å². The van der Waals surface area contributed by atoms with Crippen LogP contribution in [0.2, 0.25) is 0 Å². The SMILES string of the molecule is Cc1c(C(N)=O)cc(-c2csc(NCc3ccccc3)n2)n1C1CCCC1. The van der Waals surface area contributed by atoms with E-state index < -0.39 is 0 Å². The molecule has 3 N–H and O–H groups in total. The zero-order valence-corrected chi connectivity index (χ0v) is 16.3. The molecule has 2 aromatic heterocycles. The Kier molecular flexibility index (Phi) is 4.99. The second-order valence-electron chi connectivity index (χ2n) is 7.08. The molecule has 0 saturated heterocycles. The molecule has 4 rings (SSSR count). The summed E-state index contributed by atoms with van der Waals surface area (Å²) in [5.74, 6) is -0.372. The lowest BCUT2D eigenvalue weighted by Gasteiger charge is -2.18. The summed E-state index contributed by atoms with van der Waals surface area (Å²) >= 11 is 1.59. The van der Waals surface area contributed by atoms with Crippen LogP contribution in [0.3, 0.4) is 0 Å². The molecule has 0 unspecified atom stereocenters. The lowest BCUT2D eigenvalue weighted by atomic mass is 10.2. The summed E-state index contributed by atoms with van der Waals surface area (Å²) in [5, 5.41) is 6.33. The lowest BCUT2D eigenvalue weighted by Crippen LogP contribution is -2.14. The number of primary amides is 1. The molecular weight excluding hydrogens is 356 g/mol. The predicted octanol–water partition coefficient (Wildman–Crippen LogP) is 4.75. The van der Waals surface area contributed by atoms with Crippen molar-refractivity contribution in [2.24, 2.45) is 5.73 Å². The van der Waals surface area contributed by atoms with Gasteiger partial charge in [-0.05, 0) is 31.4 Å². The summed E-state index contributed by atoms with van der Waals surface area (Å²) in [7, 11) is 0. The zero-order chi connectivity index (χ0) is 18.8. The fourth-order valence-corrected chi connectivity index (χ4v) is 4.65. The number of benzene rings is 1. The van der Waals surface area contributed by atoms with E-state index in [1.807, 2.05) is 31.2 Å². The van der Waals surface area contributed by atoms with E-state index in [0.29, 0.717) is 11.6 Å². The van der Waals surface area contributed by atoms with E-state index in [4.69, 9.17) is 10.7 Å². The van der Waals surface area contributed by atoms with Crippen LogP contribution in [0.1, 0.15) is 53.3 Å². The Morgan fingerprint density at radius 1 is 1.30 bits per heavy atom. The van der Waals surface area contributed by atoms with Gasteiger partial charge in [-0.2, -0.15) is 0 Å². The number of amides is 1. The lowest BCUT2D eigenvalue weighted by molar-refractivity contribution is 0.0999. The van der Waals surface area contributed by atoms with Crippen LogP contribution in [0.4, 0.5) is 5.13 Å². The van der Waals surface area contributed by atoms with Gasteiger partial charge in [0, 0.05) is 23.7 Å². The number of hydrogen-bond acceptors (Lipinski definition) is 4. The van der Waals surface area contributed by atoms with Gasteiger partial charge in [0.2, 0.25) is 0 Å². The van der Waals surface area contributed by atoms with Crippen LogP contribution < -0.4 is 11.1 Å². The van der Waals surface area contributed by atoms with Gasteiger partial charge >= 0.3 is 0 Å². The van der Waals surface area contributed by atoms with Gasteiger partial charge in [0.15, 0.2) is 5.13 Å². The molecule has 0 atom stereocenters. The summed E-state index contributed by atoms with van der Waals surface area (Å²) in [4.78, 5) is 16.7. The van der Waals surface area contributed by atoms with Crippen molar-refractivity contribution in [1.29, 1.82) is 0 Å². The van der Waals surface area contributed by atoms with Gasteiger partial charge in [0.05, 0.1) is 17.0 Å². The van der Waals surface area contributed by atoms with Gasteiger partial charge in [0.25, 0.3) is 5.91 Å². The summed E-state index contributed by atoms with van der Waals surface area (Å²) in [6.45, 7) is 2.73. The average Bonchev–Trinajstić information content (AvgIpc) is 3.40. The van der Waals surface area contributed by atoms with Crippen molar-refractivity contribution in [3.63, 3.8) is 0 Å². The van der Waals surface area contributed by atoms with Crippen molar-refractivity contribution < 1.29 is 4.79 Å². The number of thiazole rings is 1. The molecule has 1 aliphatic carbocycles. The Hall–Kier alpha value is -2.60. The van der Waals surface area contributed by atoms with Gasteiger partial charge in [-0.3, -0.25) is 4.79 Å². The molecule has 2 heterocycles. The fraction of sp³-hybridized carbons (Fsp3) is 0.333. The van der Waals surface area contributed by atoms with Gasteiger partial charge in [-0.1, -0.05) is 43.2 Å².